The third-order valence-electron chi connectivity index (χ3n) is 6.30. The smallest absolute Gasteiger partial charge is 0.266 e. The van der Waals surface area contributed by atoms with Crippen LogP contribution in [-0.2, 0) is 0 Å². The number of amides is 1. The van der Waals surface area contributed by atoms with E-state index in [4.69, 9.17) is 4.98 Å². The lowest BCUT2D eigenvalue weighted by Gasteiger charge is -2.33. The third-order valence-corrected chi connectivity index (χ3v) is 6.30. The van der Waals surface area contributed by atoms with Crippen LogP contribution in [0.15, 0.2) is 83.7 Å². The predicted octanol–water partition coefficient (Wildman–Crippen LogP) is 4.85. The first-order valence-corrected chi connectivity index (χ1v) is 12.0. The average molecular weight is 469 g/mol. The first-order chi connectivity index (χ1) is 16.9. The molecule has 0 bridgehead atoms. The summed E-state index contributed by atoms with van der Waals surface area (Å²) >= 11 is 0. The highest BCUT2D eigenvalue weighted by molar-refractivity contribution is 5.96. The van der Waals surface area contributed by atoms with E-state index in [0.29, 0.717) is 41.8 Å². The van der Waals surface area contributed by atoms with Gasteiger partial charge in [-0.1, -0.05) is 55.5 Å². The van der Waals surface area contributed by atoms with E-state index < -0.39 is 0 Å². The molecule has 1 amide bonds. The number of hydrogen-bond donors (Lipinski definition) is 0. The van der Waals surface area contributed by atoms with Gasteiger partial charge in [-0.05, 0) is 63.3 Å². The fraction of sp³-hybridized carbons (Fsp3) is 0.276. The van der Waals surface area contributed by atoms with E-state index >= 15 is 0 Å². The summed E-state index contributed by atoms with van der Waals surface area (Å²) in [7, 11) is 3.98. The van der Waals surface area contributed by atoms with Gasteiger partial charge in [-0.3, -0.25) is 14.2 Å². The predicted molar refractivity (Wildman–Crippen MR) is 141 cm³/mol. The lowest BCUT2D eigenvalue weighted by atomic mass is 10.0. The second-order valence-corrected chi connectivity index (χ2v) is 9.00. The van der Waals surface area contributed by atoms with E-state index in [-0.39, 0.29) is 17.5 Å². The van der Waals surface area contributed by atoms with Crippen LogP contribution < -0.4 is 5.56 Å². The fourth-order valence-electron chi connectivity index (χ4n) is 4.42. The van der Waals surface area contributed by atoms with Gasteiger partial charge in [0.25, 0.3) is 11.5 Å². The van der Waals surface area contributed by atoms with Crippen LogP contribution in [-0.4, -0.2) is 52.4 Å². The van der Waals surface area contributed by atoms with E-state index in [1.54, 1.807) is 10.6 Å². The van der Waals surface area contributed by atoms with Gasteiger partial charge in [-0.2, -0.15) is 0 Å². The van der Waals surface area contributed by atoms with Crippen molar-refractivity contribution < 1.29 is 4.79 Å². The number of nitrogens with zero attached hydrogens (tertiary/aromatic N) is 4. The Morgan fingerprint density at radius 1 is 0.914 bits per heavy atom. The van der Waals surface area contributed by atoms with Crippen molar-refractivity contribution >= 4 is 16.8 Å². The van der Waals surface area contributed by atoms with E-state index in [1.807, 2.05) is 106 Å². The normalized spacial score (nSPS) is 12.1. The molecule has 1 heterocycles. The molecule has 0 fully saturated rings. The lowest BCUT2D eigenvalue weighted by molar-refractivity contribution is 0.0643. The molecule has 6 nitrogen and oxygen atoms in total. The molecule has 35 heavy (non-hydrogen) atoms. The van der Waals surface area contributed by atoms with Gasteiger partial charge in [-0.15, -0.1) is 0 Å². The topological polar surface area (TPSA) is 58.4 Å². The Morgan fingerprint density at radius 2 is 1.57 bits per heavy atom. The largest absolute Gasteiger partial charge is 0.327 e. The number of para-hydroxylation sites is 2. The summed E-state index contributed by atoms with van der Waals surface area (Å²) in [4.78, 5) is 36.6. The number of hydrogen-bond acceptors (Lipinski definition) is 4. The van der Waals surface area contributed by atoms with E-state index in [9.17, 15) is 9.59 Å². The number of fused-ring (bicyclic) bond motifs is 1. The highest BCUT2D eigenvalue weighted by Crippen LogP contribution is 2.28. The summed E-state index contributed by atoms with van der Waals surface area (Å²) in [6, 6.07) is 24.2. The van der Waals surface area contributed by atoms with Crippen LogP contribution in [0.5, 0.6) is 0 Å². The summed E-state index contributed by atoms with van der Waals surface area (Å²) < 4.78 is 1.67. The molecule has 0 aliphatic carbocycles. The third kappa shape index (κ3) is 5.03. The van der Waals surface area contributed by atoms with Crippen molar-refractivity contribution in [2.45, 2.75) is 26.3 Å². The van der Waals surface area contributed by atoms with Gasteiger partial charge in [0, 0.05) is 18.7 Å². The minimum absolute atomic E-state index is 0.0566. The van der Waals surface area contributed by atoms with Gasteiger partial charge in [-0.25, -0.2) is 4.98 Å². The van der Waals surface area contributed by atoms with Crippen molar-refractivity contribution in [1.82, 2.24) is 19.4 Å². The van der Waals surface area contributed by atoms with E-state index in [2.05, 4.69) is 4.90 Å². The molecule has 6 heteroatoms. The Morgan fingerprint density at radius 3 is 2.26 bits per heavy atom. The van der Waals surface area contributed by atoms with Gasteiger partial charge in [0.2, 0.25) is 0 Å². The van der Waals surface area contributed by atoms with Crippen molar-refractivity contribution in [3.8, 4) is 5.69 Å². The Labute approximate surface area is 206 Å². The number of benzene rings is 3. The highest BCUT2D eigenvalue weighted by atomic mass is 16.2. The molecule has 0 spiro atoms. The molecule has 4 rings (SSSR count). The van der Waals surface area contributed by atoms with Crippen LogP contribution in [0, 0.1) is 6.92 Å². The maximum Gasteiger partial charge on any atom is 0.266 e. The van der Waals surface area contributed by atoms with Crippen LogP contribution in [0.3, 0.4) is 0 Å². The molecule has 0 radical (unpaired) electrons. The maximum absolute atomic E-state index is 13.9. The second kappa shape index (κ2) is 10.7. The number of likely N-dealkylation sites (N-methyl/N-ethyl adjacent to an activating group) is 1. The first kappa shape index (κ1) is 24.4. The quantitative estimate of drug-likeness (QED) is 0.371. The van der Waals surface area contributed by atoms with Crippen molar-refractivity contribution in [3.05, 3.63) is 106 Å². The summed E-state index contributed by atoms with van der Waals surface area (Å²) in [5.74, 6) is 0.516. The van der Waals surface area contributed by atoms with Gasteiger partial charge in [0.15, 0.2) is 0 Å². The standard InChI is InChI=1S/C29H32N4O2/c1-5-26(32(20-19-31(3)4)28(34)23-16-10-9-13-21(23)2)27-30-25-18-12-11-17-24(25)29(35)33(27)22-14-7-6-8-15-22/h6-18,26H,5,19-20H2,1-4H3. The summed E-state index contributed by atoms with van der Waals surface area (Å²) in [5, 5.41) is 0.556. The average Bonchev–Trinajstić information content (AvgIpc) is 2.87. The van der Waals surface area contributed by atoms with Crippen molar-refractivity contribution in [2.75, 3.05) is 27.2 Å². The minimum atomic E-state index is -0.389. The monoisotopic (exact) mass is 468 g/mol. The number of aryl methyl sites for hydroxylation is 1. The molecule has 0 aliphatic rings. The Hall–Kier alpha value is -3.77. The molecular formula is C29H32N4O2. The number of carbonyl (C=O) groups is 1. The van der Waals surface area contributed by atoms with Crippen LogP contribution in [0.2, 0.25) is 0 Å². The Bertz CT molecular complexity index is 1380. The Balaban J connectivity index is 1.94. The molecule has 0 saturated heterocycles. The molecule has 1 aromatic heterocycles. The van der Waals surface area contributed by atoms with Crippen LogP contribution in [0.1, 0.15) is 41.1 Å². The molecule has 0 N–H and O–H groups in total. The van der Waals surface area contributed by atoms with Crippen LogP contribution >= 0.6 is 0 Å². The van der Waals surface area contributed by atoms with Gasteiger partial charge < -0.3 is 9.80 Å². The lowest BCUT2D eigenvalue weighted by Crippen LogP contribution is -2.42. The van der Waals surface area contributed by atoms with Crippen molar-refractivity contribution in [1.29, 1.82) is 0 Å². The molecule has 4 aromatic rings. The van der Waals surface area contributed by atoms with Gasteiger partial charge in [0.05, 0.1) is 22.6 Å². The summed E-state index contributed by atoms with van der Waals surface area (Å²) in [5.41, 5.74) is 2.83. The molecule has 0 aliphatic heterocycles. The zero-order valence-electron chi connectivity index (χ0n) is 20.8. The first-order valence-electron chi connectivity index (χ1n) is 12.0. The van der Waals surface area contributed by atoms with Crippen LogP contribution in [0.4, 0.5) is 0 Å². The minimum Gasteiger partial charge on any atom is -0.327 e. The number of carbonyl (C=O) groups excluding carboxylic acids is 1. The molecule has 1 atom stereocenters. The van der Waals surface area contributed by atoms with Gasteiger partial charge in [0.1, 0.15) is 5.82 Å². The van der Waals surface area contributed by atoms with Crippen LogP contribution in [0.25, 0.3) is 16.6 Å². The summed E-state index contributed by atoms with van der Waals surface area (Å²) in [6.07, 6.45) is 0.614. The molecular weight excluding hydrogens is 436 g/mol. The van der Waals surface area contributed by atoms with Crippen molar-refractivity contribution in [2.24, 2.45) is 0 Å². The molecule has 1 unspecified atom stereocenters. The second-order valence-electron chi connectivity index (χ2n) is 9.00. The van der Waals surface area contributed by atoms with Crippen molar-refractivity contribution in [3.63, 3.8) is 0 Å². The zero-order valence-corrected chi connectivity index (χ0v) is 20.8. The molecule has 0 saturated carbocycles. The number of rotatable bonds is 8. The summed E-state index contributed by atoms with van der Waals surface area (Å²) in [6.45, 7) is 5.19. The fourth-order valence-corrected chi connectivity index (χ4v) is 4.42. The molecule has 3 aromatic carbocycles. The van der Waals surface area contributed by atoms with E-state index in [0.717, 1.165) is 11.3 Å². The molecule has 180 valence electrons. The Kier molecular flexibility index (Phi) is 7.42. The van der Waals surface area contributed by atoms with Gasteiger partial charge >= 0.3 is 0 Å². The van der Waals surface area contributed by atoms with E-state index in [1.165, 1.54) is 0 Å². The maximum atomic E-state index is 13.9. The zero-order chi connectivity index (χ0) is 24.9. The SMILES string of the molecule is CCC(c1nc2ccccc2c(=O)n1-c1ccccc1)N(CCN(C)C)C(=O)c1ccccc1C. The highest BCUT2D eigenvalue weighted by Gasteiger charge is 2.30. The number of aromatic nitrogens is 2.